The summed E-state index contributed by atoms with van der Waals surface area (Å²) >= 11 is 6.08. The molecule has 0 aromatic heterocycles. The molecule has 136 valence electrons. The fourth-order valence-corrected chi connectivity index (χ4v) is 3.69. The lowest BCUT2D eigenvalue weighted by molar-refractivity contribution is -0.132. The van der Waals surface area contributed by atoms with Crippen molar-refractivity contribution in [3.8, 4) is 5.75 Å². The Morgan fingerprint density at radius 2 is 2.04 bits per heavy atom. The minimum atomic E-state index is -0.958. The number of nitrogens with one attached hydrogen (secondary N) is 1. The van der Waals surface area contributed by atoms with Crippen molar-refractivity contribution >= 4 is 29.1 Å². The van der Waals surface area contributed by atoms with Crippen molar-refractivity contribution in [3.05, 3.63) is 23.2 Å². The van der Waals surface area contributed by atoms with Gasteiger partial charge in [0.1, 0.15) is 5.75 Å². The Labute approximate surface area is 153 Å². The number of anilines is 1. The van der Waals surface area contributed by atoms with E-state index in [9.17, 15) is 9.59 Å². The number of ether oxygens (including phenoxy) is 1. The third-order valence-corrected chi connectivity index (χ3v) is 5.10. The van der Waals surface area contributed by atoms with E-state index in [2.05, 4.69) is 5.32 Å². The van der Waals surface area contributed by atoms with E-state index < -0.39 is 5.60 Å². The molecule has 2 aliphatic rings. The molecule has 25 heavy (non-hydrogen) atoms. The van der Waals surface area contributed by atoms with Crippen LogP contribution in [0.5, 0.6) is 5.75 Å². The molecule has 3 rings (SSSR count). The summed E-state index contributed by atoms with van der Waals surface area (Å²) in [6.07, 6.45) is 5.97. The normalized spacial score (nSPS) is 20.0. The summed E-state index contributed by atoms with van der Waals surface area (Å²) in [4.78, 5) is 26.7. The lowest BCUT2D eigenvalue weighted by Crippen LogP contribution is -2.53. The van der Waals surface area contributed by atoms with Gasteiger partial charge in [-0.25, -0.2) is 0 Å². The van der Waals surface area contributed by atoms with Gasteiger partial charge in [0.05, 0.1) is 5.69 Å². The summed E-state index contributed by atoms with van der Waals surface area (Å²) < 4.78 is 5.79. The number of fused-ring (bicyclic) bond motifs is 1. The van der Waals surface area contributed by atoms with Crippen LogP contribution in [0.25, 0.3) is 0 Å². The molecular weight excluding hydrogens is 340 g/mol. The average molecular weight is 365 g/mol. The van der Waals surface area contributed by atoms with Gasteiger partial charge in [0.2, 0.25) is 5.91 Å². The number of halogens is 1. The highest BCUT2D eigenvalue weighted by molar-refractivity contribution is 6.31. The van der Waals surface area contributed by atoms with Gasteiger partial charge in [-0.1, -0.05) is 30.9 Å². The van der Waals surface area contributed by atoms with Gasteiger partial charge in [0.25, 0.3) is 5.91 Å². The van der Waals surface area contributed by atoms with Gasteiger partial charge in [-0.05, 0) is 44.9 Å². The molecule has 1 heterocycles. The molecule has 1 aliphatic heterocycles. The number of hydrogen-bond acceptors (Lipinski definition) is 3. The van der Waals surface area contributed by atoms with Crippen molar-refractivity contribution in [2.45, 2.75) is 64.0 Å². The van der Waals surface area contributed by atoms with E-state index in [0.29, 0.717) is 23.0 Å². The van der Waals surface area contributed by atoms with E-state index >= 15 is 0 Å². The van der Waals surface area contributed by atoms with Crippen LogP contribution in [0.3, 0.4) is 0 Å². The molecule has 1 aliphatic carbocycles. The first kappa shape index (κ1) is 18.1. The smallest absolute Gasteiger partial charge is 0.270 e. The van der Waals surface area contributed by atoms with E-state index in [1.807, 2.05) is 0 Å². The summed E-state index contributed by atoms with van der Waals surface area (Å²) in [5, 5.41) is 3.63. The molecule has 1 saturated carbocycles. The molecule has 2 amide bonds. The predicted molar refractivity (Wildman–Crippen MR) is 98.1 cm³/mol. The maximum atomic E-state index is 12.7. The van der Waals surface area contributed by atoms with Gasteiger partial charge in [-0.2, -0.15) is 0 Å². The highest BCUT2D eigenvalue weighted by Gasteiger charge is 2.41. The SMILES string of the molecule is CC1(C)Oc2ccc(Cl)cc2N(CCC(=O)NC2CCCCC2)C1=O. The largest absolute Gasteiger partial charge is 0.476 e. The lowest BCUT2D eigenvalue weighted by atomic mass is 9.95. The molecule has 6 heteroatoms. The molecule has 1 fully saturated rings. The first-order chi connectivity index (χ1) is 11.9. The summed E-state index contributed by atoms with van der Waals surface area (Å²) in [5.74, 6) is 0.446. The Hall–Kier alpha value is -1.75. The van der Waals surface area contributed by atoms with Gasteiger partial charge in [0.15, 0.2) is 5.60 Å². The van der Waals surface area contributed by atoms with Gasteiger partial charge in [-0.15, -0.1) is 0 Å². The van der Waals surface area contributed by atoms with Crippen molar-refractivity contribution in [2.24, 2.45) is 0 Å². The lowest BCUT2D eigenvalue weighted by Gasteiger charge is -2.38. The molecule has 5 nitrogen and oxygen atoms in total. The Morgan fingerprint density at radius 1 is 1.32 bits per heavy atom. The van der Waals surface area contributed by atoms with Crippen molar-refractivity contribution in [1.82, 2.24) is 5.32 Å². The summed E-state index contributed by atoms with van der Waals surface area (Å²) in [7, 11) is 0. The second kappa shape index (κ2) is 7.24. The quantitative estimate of drug-likeness (QED) is 0.886. The van der Waals surface area contributed by atoms with Crippen LogP contribution in [0.2, 0.25) is 5.02 Å². The standard InChI is InChI=1S/C19H25ClN2O3/c1-19(2)18(24)22(15-12-13(20)8-9-16(15)25-19)11-10-17(23)21-14-6-4-3-5-7-14/h8-9,12,14H,3-7,10-11H2,1-2H3,(H,21,23). The zero-order valence-electron chi connectivity index (χ0n) is 14.8. The molecule has 0 bridgehead atoms. The number of rotatable bonds is 4. The van der Waals surface area contributed by atoms with Crippen molar-refractivity contribution in [2.75, 3.05) is 11.4 Å². The highest BCUT2D eigenvalue weighted by atomic mass is 35.5. The van der Waals surface area contributed by atoms with Crippen LogP contribution in [0.4, 0.5) is 5.69 Å². The highest BCUT2D eigenvalue weighted by Crippen LogP contribution is 2.39. The number of nitrogens with zero attached hydrogens (tertiary/aromatic N) is 1. The van der Waals surface area contributed by atoms with E-state index in [0.717, 1.165) is 12.8 Å². The summed E-state index contributed by atoms with van der Waals surface area (Å²) in [5.41, 5.74) is -0.331. The Bertz CT molecular complexity index is 669. The van der Waals surface area contributed by atoms with Gasteiger partial charge < -0.3 is 15.0 Å². The van der Waals surface area contributed by atoms with Crippen LogP contribution < -0.4 is 15.0 Å². The van der Waals surface area contributed by atoms with Crippen LogP contribution >= 0.6 is 11.6 Å². The molecule has 1 aromatic carbocycles. The number of carbonyl (C=O) groups is 2. The topological polar surface area (TPSA) is 58.6 Å². The molecule has 1 aromatic rings. The molecular formula is C19H25ClN2O3. The zero-order valence-corrected chi connectivity index (χ0v) is 15.6. The summed E-state index contributed by atoms with van der Waals surface area (Å²) in [6, 6.07) is 5.49. The van der Waals surface area contributed by atoms with E-state index in [-0.39, 0.29) is 24.3 Å². The van der Waals surface area contributed by atoms with Crippen LogP contribution in [-0.4, -0.2) is 30.0 Å². The monoisotopic (exact) mass is 364 g/mol. The van der Waals surface area contributed by atoms with Crippen molar-refractivity contribution in [3.63, 3.8) is 0 Å². The fraction of sp³-hybridized carbons (Fsp3) is 0.579. The molecule has 1 N–H and O–H groups in total. The van der Waals surface area contributed by atoms with Crippen molar-refractivity contribution < 1.29 is 14.3 Å². The zero-order chi connectivity index (χ0) is 18.0. The number of amides is 2. The molecule has 0 unspecified atom stereocenters. The number of carbonyl (C=O) groups excluding carboxylic acids is 2. The fourth-order valence-electron chi connectivity index (χ4n) is 3.52. The van der Waals surface area contributed by atoms with E-state index in [1.54, 1.807) is 36.9 Å². The first-order valence-corrected chi connectivity index (χ1v) is 9.34. The third-order valence-electron chi connectivity index (χ3n) is 4.87. The van der Waals surface area contributed by atoms with E-state index in [1.165, 1.54) is 19.3 Å². The molecule has 0 spiro atoms. The Balaban J connectivity index is 1.69. The average Bonchev–Trinajstić information content (AvgIpc) is 2.57. The first-order valence-electron chi connectivity index (χ1n) is 8.97. The van der Waals surface area contributed by atoms with Crippen LogP contribution in [0.15, 0.2) is 18.2 Å². The second-order valence-corrected chi connectivity index (χ2v) is 7.77. The predicted octanol–water partition coefficient (Wildman–Crippen LogP) is 3.68. The van der Waals surface area contributed by atoms with Gasteiger partial charge in [0, 0.05) is 24.0 Å². The Kier molecular flexibility index (Phi) is 5.23. The Morgan fingerprint density at radius 3 is 2.76 bits per heavy atom. The molecule has 0 atom stereocenters. The second-order valence-electron chi connectivity index (χ2n) is 7.33. The van der Waals surface area contributed by atoms with Crippen LogP contribution in [0.1, 0.15) is 52.4 Å². The minimum Gasteiger partial charge on any atom is -0.476 e. The molecule has 0 saturated heterocycles. The van der Waals surface area contributed by atoms with Crippen LogP contribution in [0, 0.1) is 0 Å². The van der Waals surface area contributed by atoms with Crippen LogP contribution in [-0.2, 0) is 9.59 Å². The maximum absolute atomic E-state index is 12.7. The minimum absolute atomic E-state index is 0.00687. The number of benzene rings is 1. The maximum Gasteiger partial charge on any atom is 0.270 e. The summed E-state index contributed by atoms with van der Waals surface area (Å²) in [6.45, 7) is 3.79. The number of hydrogen-bond donors (Lipinski definition) is 1. The van der Waals surface area contributed by atoms with Gasteiger partial charge >= 0.3 is 0 Å². The van der Waals surface area contributed by atoms with Crippen molar-refractivity contribution in [1.29, 1.82) is 0 Å². The van der Waals surface area contributed by atoms with E-state index in [4.69, 9.17) is 16.3 Å². The van der Waals surface area contributed by atoms with Gasteiger partial charge in [-0.3, -0.25) is 9.59 Å². The third kappa shape index (κ3) is 4.09. The molecule has 0 radical (unpaired) electrons.